The molecule has 0 aliphatic heterocycles. The lowest BCUT2D eigenvalue weighted by Gasteiger charge is -2.36. The summed E-state index contributed by atoms with van der Waals surface area (Å²) in [6.07, 6.45) is 5.67. The third-order valence-electron chi connectivity index (χ3n) is 7.33. The van der Waals surface area contributed by atoms with Crippen LogP contribution in [0.2, 0.25) is 5.02 Å². The van der Waals surface area contributed by atoms with E-state index in [0.717, 1.165) is 31.2 Å². The van der Waals surface area contributed by atoms with Gasteiger partial charge in [0.05, 0.1) is 16.3 Å². The van der Waals surface area contributed by atoms with E-state index in [2.05, 4.69) is 48.9 Å². The van der Waals surface area contributed by atoms with E-state index in [-0.39, 0.29) is 28.7 Å². The first-order valence-electron chi connectivity index (χ1n) is 12.7. The first-order chi connectivity index (χ1) is 18.7. The second-order valence-electron chi connectivity index (χ2n) is 10.1. The SMILES string of the molecule is C=CCn1c(COc2ccc(F)cc2Cl)nnc1SCC(=O)Nc1sc2c(c1C#N)CCC(C(C)(C)CC)C2. The number of nitrogens with zero attached hydrogens (tertiary/aromatic N) is 4. The highest BCUT2D eigenvalue weighted by Crippen LogP contribution is 2.45. The molecule has 2 aromatic heterocycles. The molecule has 206 valence electrons. The lowest BCUT2D eigenvalue weighted by atomic mass is 9.69. The van der Waals surface area contributed by atoms with Gasteiger partial charge in [0.25, 0.3) is 0 Å². The molecule has 1 aromatic carbocycles. The molecule has 1 unspecified atom stereocenters. The third-order valence-corrected chi connectivity index (χ3v) is 9.77. The molecule has 0 radical (unpaired) electrons. The minimum atomic E-state index is -0.451. The average Bonchev–Trinajstić information content (AvgIpc) is 3.46. The molecular formula is C28H31ClFN5O2S2. The molecule has 1 aliphatic carbocycles. The molecule has 39 heavy (non-hydrogen) atoms. The molecule has 1 amide bonds. The van der Waals surface area contributed by atoms with Gasteiger partial charge in [-0.05, 0) is 54.4 Å². The number of thioether (sulfide) groups is 1. The normalized spacial score (nSPS) is 14.9. The minimum absolute atomic E-state index is 0.0566. The molecule has 4 rings (SSSR count). The molecule has 7 nitrogen and oxygen atoms in total. The molecule has 3 aromatic rings. The second-order valence-corrected chi connectivity index (χ2v) is 12.6. The zero-order valence-electron chi connectivity index (χ0n) is 22.2. The van der Waals surface area contributed by atoms with Gasteiger partial charge in [0.2, 0.25) is 5.91 Å². The van der Waals surface area contributed by atoms with Crippen molar-refractivity contribution in [3.05, 3.63) is 63.5 Å². The largest absolute Gasteiger partial charge is 0.484 e. The van der Waals surface area contributed by atoms with E-state index in [1.165, 1.54) is 46.2 Å². The Kier molecular flexibility index (Phi) is 9.36. The van der Waals surface area contributed by atoms with Gasteiger partial charge in [0.15, 0.2) is 11.0 Å². The summed E-state index contributed by atoms with van der Waals surface area (Å²) in [7, 11) is 0. The van der Waals surface area contributed by atoms with Crippen molar-refractivity contribution in [3.63, 3.8) is 0 Å². The average molecular weight is 588 g/mol. The molecule has 2 heterocycles. The number of nitrogens with one attached hydrogen (secondary N) is 1. The lowest BCUT2D eigenvalue weighted by molar-refractivity contribution is -0.113. The number of carbonyl (C=O) groups excluding carboxylic acids is 1. The Morgan fingerprint density at radius 2 is 2.26 bits per heavy atom. The number of anilines is 1. The monoisotopic (exact) mass is 587 g/mol. The van der Waals surface area contributed by atoms with Crippen molar-refractivity contribution in [1.29, 1.82) is 5.26 Å². The van der Waals surface area contributed by atoms with Crippen LogP contribution >= 0.6 is 34.7 Å². The maximum atomic E-state index is 13.3. The summed E-state index contributed by atoms with van der Waals surface area (Å²) in [5, 5.41) is 22.5. The van der Waals surface area contributed by atoms with Crippen LogP contribution in [0.25, 0.3) is 0 Å². The van der Waals surface area contributed by atoms with E-state index in [4.69, 9.17) is 16.3 Å². The molecule has 0 saturated carbocycles. The Morgan fingerprint density at radius 3 is 2.95 bits per heavy atom. The van der Waals surface area contributed by atoms with Crippen LogP contribution in [0.4, 0.5) is 9.39 Å². The Bertz CT molecular complexity index is 1410. The lowest BCUT2D eigenvalue weighted by Crippen LogP contribution is -2.28. The van der Waals surface area contributed by atoms with E-state index in [0.29, 0.717) is 39.8 Å². The fourth-order valence-corrected chi connectivity index (χ4v) is 6.90. The summed E-state index contributed by atoms with van der Waals surface area (Å²) < 4.78 is 20.8. The van der Waals surface area contributed by atoms with Crippen LogP contribution < -0.4 is 10.1 Å². The first kappa shape index (κ1) is 29.1. The summed E-state index contributed by atoms with van der Waals surface area (Å²) in [5.41, 5.74) is 1.92. The van der Waals surface area contributed by atoms with Gasteiger partial charge in [0.1, 0.15) is 29.2 Å². The summed E-state index contributed by atoms with van der Waals surface area (Å²) in [4.78, 5) is 14.1. The Morgan fingerprint density at radius 1 is 1.46 bits per heavy atom. The van der Waals surface area contributed by atoms with Crippen LogP contribution in [0.5, 0.6) is 5.75 Å². The zero-order valence-corrected chi connectivity index (χ0v) is 24.6. The van der Waals surface area contributed by atoms with Gasteiger partial charge in [-0.2, -0.15) is 5.26 Å². The molecule has 1 N–H and O–H groups in total. The Hall–Kier alpha value is -2.87. The molecule has 0 saturated heterocycles. The van der Waals surface area contributed by atoms with Crippen LogP contribution in [0.1, 0.15) is 55.4 Å². The molecule has 0 fully saturated rings. The number of ether oxygens (including phenoxy) is 1. The quantitative estimate of drug-likeness (QED) is 0.191. The number of fused-ring (bicyclic) bond motifs is 1. The number of aromatic nitrogens is 3. The highest BCUT2D eigenvalue weighted by molar-refractivity contribution is 7.99. The fourth-order valence-electron chi connectivity index (χ4n) is 4.62. The molecule has 1 atom stereocenters. The summed E-state index contributed by atoms with van der Waals surface area (Å²) in [6.45, 7) is 11.1. The van der Waals surface area contributed by atoms with Crippen molar-refractivity contribution in [2.75, 3.05) is 11.1 Å². The van der Waals surface area contributed by atoms with E-state index >= 15 is 0 Å². The van der Waals surface area contributed by atoms with Crippen LogP contribution in [0.3, 0.4) is 0 Å². The van der Waals surface area contributed by atoms with Gasteiger partial charge in [-0.1, -0.05) is 56.6 Å². The first-order valence-corrected chi connectivity index (χ1v) is 14.9. The maximum absolute atomic E-state index is 13.3. The van der Waals surface area contributed by atoms with Crippen LogP contribution in [0.15, 0.2) is 36.0 Å². The Balaban J connectivity index is 1.41. The van der Waals surface area contributed by atoms with Crippen molar-refractivity contribution < 1.29 is 13.9 Å². The number of benzene rings is 1. The number of allylic oxidation sites excluding steroid dienone is 1. The van der Waals surface area contributed by atoms with Crippen molar-refractivity contribution in [3.8, 4) is 11.8 Å². The predicted molar refractivity (Wildman–Crippen MR) is 154 cm³/mol. The second kappa shape index (κ2) is 12.5. The topological polar surface area (TPSA) is 92.8 Å². The summed E-state index contributed by atoms with van der Waals surface area (Å²) in [5.74, 6) is 0.835. The third kappa shape index (κ3) is 6.65. The van der Waals surface area contributed by atoms with E-state index in [1.807, 2.05) is 0 Å². The molecular weight excluding hydrogens is 557 g/mol. The van der Waals surface area contributed by atoms with E-state index < -0.39 is 5.82 Å². The number of hydrogen-bond acceptors (Lipinski definition) is 7. The number of amides is 1. The van der Waals surface area contributed by atoms with Crippen molar-refractivity contribution in [2.45, 2.75) is 64.8 Å². The predicted octanol–water partition coefficient (Wildman–Crippen LogP) is 7.04. The van der Waals surface area contributed by atoms with E-state index in [9.17, 15) is 14.4 Å². The number of rotatable bonds is 11. The highest BCUT2D eigenvalue weighted by Gasteiger charge is 2.34. The van der Waals surface area contributed by atoms with Crippen molar-refractivity contribution >= 4 is 45.6 Å². The van der Waals surface area contributed by atoms with E-state index in [1.54, 1.807) is 10.6 Å². The molecule has 11 heteroatoms. The smallest absolute Gasteiger partial charge is 0.235 e. The number of carbonyl (C=O) groups is 1. The number of thiophene rings is 1. The fraction of sp³-hybridized carbons (Fsp3) is 0.429. The number of halogens is 2. The minimum Gasteiger partial charge on any atom is -0.484 e. The summed E-state index contributed by atoms with van der Waals surface area (Å²) in [6, 6.07) is 6.22. The van der Waals surface area contributed by atoms with Gasteiger partial charge in [-0.3, -0.25) is 9.36 Å². The number of hydrogen-bond donors (Lipinski definition) is 1. The van der Waals surface area contributed by atoms with Gasteiger partial charge < -0.3 is 10.1 Å². The highest BCUT2D eigenvalue weighted by atomic mass is 35.5. The van der Waals surface area contributed by atoms with Gasteiger partial charge in [-0.15, -0.1) is 28.1 Å². The van der Waals surface area contributed by atoms with Crippen molar-refractivity contribution in [2.24, 2.45) is 11.3 Å². The zero-order chi connectivity index (χ0) is 28.2. The van der Waals surface area contributed by atoms with Gasteiger partial charge in [0, 0.05) is 11.4 Å². The molecule has 0 spiro atoms. The summed E-state index contributed by atoms with van der Waals surface area (Å²) >= 11 is 8.81. The standard InChI is InChI=1S/C28H31ClFN5O2S2/c1-5-11-35-24(15-37-22-10-8-18(30)13-21(22)29)33-34-27(35)38-16-25(36)32-26-20(14-31)19-9-7-17(12-23(19)39-26)28(3,4)6-2/h5,8,10,13,17H,1,6-7,9,11-12,15-16H2,2-4H3,(H,32,36). The van der Waals surface area contributed by atoms with Crippen LogP contribution in [-0.4, -0.2) is 26.4 Å². The Labute approximate surface area is 241 Å². The van der Waals surface area contributed by atoms with Gasteiger partial charge >= 0.3 is 0 Å². The molecule has 0 bridgehead atoms. The van der Waals surface area contributed by atoms with Crippen LogP contribution in [0, 0.1) is 28.5 Å². The number of nitriles is 1. The van der Waals surface area contributed by atoms with Crippen molar-refractivity contribution in [1.82, 2.24) is 14.8 Å². The van der Waals surface area contributed by atoms with Gasteiger partial charge in [-0.25, -0.2) is 4.39 Å². The maximum Gasteiger partial charge on any atom is 0.235 e. The molecule has 1 aliphatic rings. The van der Waals surface area contributed by atoms with Crippen LogP contribution in [-0.2, 0) is 30.8 Å².